The number of aromatic amines is 1. The van der Waals surface area contributed by atoms with Crippen LogP contribution in [0.2, 0.25) is 0 Å². The molecule has 2 aromatic carbocycles. The second kappa shape index (κ2) is 5.73. The van der Waals surface area contributed by atoms with E-state index in [1.807, 2.05) is 48.5 Å². The third-order valence-electron chi connectivity index (χ3n) is 3.23. The third kappa shape index (κ3) is 2.90. The predicted octanol–water partition coefficient (Wildman–Crippen LogP) is 2.77. The maximum absolute atomic E-state index is 12.0. The number of para-hydroxylation sites is 1. The first-order chi connectivity index (χ1) is 10.3. The molecule has 0 atom stereocenters. The summed E-state index contributed by atoms with van der Waals surface area (Å²) in [5, 5.41) is 10.1. The van der Waals surface area contributed by atoms with E-state index in [-0.39, 0.29) is 12.2 Å². The fourth-order valence-electron chi connectivity index (χ4n) is 2.14. The molecule has 4 heteroatoms. The van der Waals surface area contributed by atoms with Crippen molar-refractivity contribution in [1.29, 1.82) is 0 Å². The van der Waals surface area contributed by atoms with Gasteiger partial charge in [-0.15, -0.1) is 0 Å². The number of benzene rings is 2. The van der Waals surface area contributed by atoms with Gasteiger partial charge in [0.15, 0.2) is 0 Å². The highest BCUT2D eigenvalue weighted by atomic mass is 16.3. The number of nitrogens with zero attached hydrogens (tertiary/aromatic N) is 1. The second-order valence-corrected chi connectivity index (χ2v) is 4.73. The van der Waals surface area contributed by atoms with Gasteiger partial charge in [-0.2, -0.15) is 0 Å². The first kappa shape index (κ1) is 13.3. The minimum absolute atomic E-state index is 0.0279. The molecule has 0 spiro atoms. The van der Waals surface area contributed by atoms with Gasteiger partial charge >= 0.3 is 0 Å². The highest BCUT2D eigenvalue weighted by Gasteiger charge is 2.00. The van der Waals surface area contributed by atoms with Crippen molar-refractivity contribution in [3.63, 3.8) is 0 Å². The van der Waals surface area contributed by atoms with Gasteiger partial charge in [-0.25, -0.2) is 0 Å². The monoisotopic (exact) mass is 278 g/mol. The van der Waals surface area contributed by atoms with E-state index in [1.165, 1.54) is 0 Å². The number of hydrogen-bond acceptors (Lipinski definition) is 3. The second-order valence-electron chi connectivity index (χ2n) is 4.73. The van der Waals surface area contributed by atoms with Gasteiger partial charge in [0.2, 0.25) is 0 Å². The van der Waals surface area contributed by atoms with Crippen molar-refractivity contribution in [2.45, 2.75) is 6.61 Å². The van der Waals surface area contributed by atoms with Crippen LogP contribution in [0.25, 0.3) is 10.9 Å². The molecule has 104 valence electrons. The summed E-state index contributed by atoms with van der Waals surface area (Å²) in [7, 11) is 0. The highest BCUT2D eigenvalue weighted by molar-refractivity contribution is 5.88. The maximum atomic E-state index is 12.0. The zero-order chi connectivity index (χ0) is 14.7. The van der Waals surface area contributed by atoms with Crippen LogP contribution in [-0.4, -0.2) is 16.3 Å². The fourth-order valence-corrected chi connectivity index (χ4v) is 2.14. The van der Waals surface area contributed by atoms with Crippen molar-refractivity contribution < 1.29 is 5.11 Å². The van der Waals surface area contributed by atoms with E-state index in [9.17, 15) is 4.79 Å². The molecule has 0 unspecified atom stereocenters. The molecule has 0 aliphatic heterocycles. The number of rotatable bonds is 3. The van der Waals surface area contributed by atoms with Crippen molar-refractivity contribution in [2.75, 3.05) is 0 Å². The summed E-state index contributed by atoms with van der Waals surface area (Å²) in [6.07, 6.45) is 1.54. The van der Waals surface area contributed by atoms with Crippen LogP contribution in [-0.2, 0) is 6.61 Å². The minimum Gasteiger partial charge on any atom is -0.392 e. The molecule has 2 N–H and O–H groups in total. The fraction of sp³-hybridized carbons (Fsp3) is 0.0588. The van der Waals surface area contributed by atoms with E-state index in [0.29, 0.717) is 11.3 Å². The Hall–Kier alpha value is -2.72. The van der Waals surface area contributed by atoms with Crippen LogP contribution in [0.3, 0.4) is 0 Å². The molecule has 0 radical (unpaired) electrons. The Labute approximate surface area is 121 Å². The number of hydrogen-bond donors (Lipinski definition) is 2. The summed E-state index contributed by atoms with van der Waals surface area (Å²) in [5.74, 6) is 0. The number of aliphatic hydroxyl groups excluding tert-OH is 1. The summed E-state index contributed by atoms with van der Waals surface area (Å²) in [5.41, 5.74) is 2.63. The molecule has 4 nitrogen and oxygen atoms in total. The third-order valence-corrected chi connectivity index (χ3v) is 3.23. The average molecular weight is 278 g/mol. The number of aliphatic hydroxyl groups is 1. The zero-order valence-electron chi connectivity index (χ0n) is 11.3. The van der Waals surface area contributed by atoms with Gasteiger partial charge in [-0.1, -0.05) is 30.3 Å². The lowest BCUT2D eigenvalue weighted by molar-refractivity contribution is 0.282. The van der Waals surface area contributed by atoms with Gasteiger partial charge in [0, 0.05) is 11.7 Å². The van der Waals surface area contributed by atoms with Crippen molar-refractivity contribution in [2.24, 2.45) is 4.99 Å². The van der Waals surface area contributed by atoms with Gasteiger partial charge < -0.3 is 10.1 Å². The smallest absolute Gasteiger partial charge is 0.257 e. The van der Waals surface area contributed by atoms with Crippen LogP contribution >= 0.6 is 0 Å². The van der Waals surface area contributed by atoms with E-state index in [1.54, 1.807) is 12.3 Å². The number of aliphatic imine (C=N–C) groups is 1. The Bertz CT molecular complexity index is 866. The van der Waals surface area contributed by atoms with Crippen LogP contribution in [0.15, 0.2) is 64.4 Å². The van der Waals surface area contributed by atoms with E-state index in [2.05, 4.69) is 9.98 Å². The largest absolute Gasteiger partial charge is 0.392 e. The summed E-state index contributed by atoms with van der Waals surface area (Å²) < 4.78 is 0. The lowest BCUT2D eigenvalue weighted by Crippen LogP contribution is -2.11. The Kier molecular flexibility index (Phi) is 3.62. The molecule has 0 aliphatic rings. The van der Waals surface area contributed by atoms with Gasteiger partial charge in [0.1, 0.15) is 0 Å². The van der Waals surface area contributed by atoms with Crippen LogP contribution in [0.4, 0.5) is 5.69 Å². The number of nitrogens with one attached hydrogen (secondary N) is 1. The Morgan fingerprint density at radius 3 is 2.81 bits per heavy atom. The normalized spacial score (nSPS) is 11.3. The molecule has 3 aromatic rings. The van der Waals surface area contributed by atoms with Gasteiger partial charge in [0.25, 0.3) is 5.56 Å². The summed E-state index contributed by atoms with van der Waals surface area (Å²) in [4.78, 5) is 19.1. The lowest BCUT2D eigenvalue weighted by Gasteiger charge is -2.00. The van der Waals surface area contributed by atoms with Crippen LogP contribution in [0.1, 0.15) is 11.1 Å². The molecule has 1 aromatic heterocycles. The average Bonchev–Trinajstić information content (AvgIpc) is 2.53. The van der Waals surface area contributed by atoms with Crippen LogP contribution < -0.4 is 5.56 Å². The minimum atomic E-state index is -0.171. The highest BCUT2D eigenvalue weighted by Crippen LogP contribution is 2.14. The number of pyridine rings is 1. The molecular weight excluding hydrogens is 264 g/mol. The molecule has 21 heavy (non-hydrogen) atoms. The number of H-pyrrole nitrogens is 1. The van der Waals surface area contributed by atoms with E-state index in [4.69, 9.17) is 5.11 Å². The van der Waals surface area contributed by atoms with E-state index in [0.717, 1.165) is 16.5 Å². The predicted molar refractivity (Wildman–Crippen MR) is 84.2 cm³/mol. The zero-order valence-corrected chi connectivity index (χ0v) is 11.3. The molecule has 0 saturated carbocycles. The SMILES string of the molecule is O=c1[nH]c2ccccc2cc1C=Nc1cccc(CO)c1. The first-order valence-electron chi connectivity index (χ1n) is 6.62. The summed E-state index contributed by atoms with van der Waals surface area (Å²) in [6, 6.07) is 16.7. The molecule has 0 fully saturated rings. The van der Waals surface area contributed by atoms with Crippen molar-refractivity contribution in [3.8, 4) is 0 Å². The first-order valence-corrected chi connectivity index (χ1v) is 6.62. The van der Waals surface area contributed by atoms with E-state index >= 15 is 0 Å². The Morgan fingerprint density at radius 2 is 1.95 bits per heavy atom. The molecule has 3 rings (SSSR count). The van der Waals surface area contributed by atoms with Crippen molar-refractivity contribution >= 4 is 22.8 Å². The molecule has 0 saturated heterocycles. The molecular formula is C17H14N2O2. The maximum Gasteiger partial charge on any atom is 0.257 e. The topological polar surface area (TPSA) is 65.5 Å². The van der Waals surface area contributed by atoms with Crippen molar-refractivity contribution in [3.05, 3.63) is 76.1 Å². The van der Waals surface area contributed by atoms with Crippen LogP contribution in [0.5, 0.6) is 0 Å². The van der Waals surface area contributed by atoms with Crippen molar-refractivity contribution in [1.82, 2.24) is 4.98 Å². The molecule has 0 aliphatic carbocycles. The van der Waals surface area contributed by atoms with E-state index < -0.39 is 0 Å². The molecule has 0 amide bonds. The quantitative estimate of drug-likeness (QED) is 0.723. The van der Waals surface area contributed by atoms with Gasteiger partial charge in [-0.3, -0.25) is 9.79 Å². The van der Waals surface area contributed by atoms with Gasteiger partial charge in [-0.05, 0) is 35.2 Å². The standard InChI is InChI=1S/C17H14N2O2/c20-11-12-4-3-6-15(8-12)18-10-14-9-13-5-1-2-7-16(13)19-17(14)21/h1-10,20H,11H2,(H,19,21). The summed E-state index contributed by atoms with van der Waals surface area (Å²) >= 11 is 0. The van der Waals surface area contributed by atoms with Crippen LogP contribution in [0, 0.1) is 0 Å². The number of fused-ring (bicyclic) bond motifs is 1. The molecule has 1 heterocycles. The number of aromatic nitrogens is 1. The Balaban J connectivity index is 1.98. The Morgan fingerprint density at radius 1 is 1.10 bits per heavy atom. The van der Waals surface area contributed by atoms with Gasteiger partial charge in [0.05, 0.1) is 17.9 Å². The summed E-state index contributed by atoms with van der Waals surface area (Å²) in [6.45, 7) is -0.0279. The lowest BCUT2D eigenvalue weighted by atomic mass is 10.1. The molecule has 0 bridgehead atoms.